The molecule has 88 valence electrons. The van der Waals surface area contributed by atoms with E-state index in [4.69, 9.17) is 0 Å². The second-order valence-corrected chi connectivity index (χ2v) is 4.42. The van der Waals surface area contributed by atoms with E-state index in [1.165, 1.54) is 6.92 Å². The molecule has 0 spiro atoms. The summed E-state index contributed by atoms with van der Waals surface area (Å²) in [7, 11) is 0. The second kappa shape index (κ2) is 5.05. The highest BCUT2D eigenvalue weighted by molar-refractivity contribution is 5.82. The number of carbonyl (C=O) groups excluding carboxylic acids is 1. The van der Waals surface area contributed by atoms with Crippen molar-refractivity contribution in [3.05, 3.63) is 33.9 Å². The number of nitro groups is 1. The summed E-state index contributed by atoms with van der Waals surface area (Å²) in [4.78, 5) is 21.5. The number of carbonyl (C=O) groups is 1. The molecule has 0 aromatic carbocycles. The first-order valence-corrected chi connectivity index (χ1v) is 5.44. The summed E-state index contributed by atoms with van der Waals surface area (Å²) >= 11 is 0. The van der Waals surface area contributed by atoms with Gasteiger partial charge in [0.05, 0.1) is 0 Å². The second-order valence-electron chi connectivity index (χ2n) is 4.42. The Hall–Kier alpha value is -1.45. The fourth-order valence-corrected chi connectivity index (χ4v) is 1.80. The van der Waals surface area contributed by atoms with Gasteiger partial charge < -0.3 is 0 Å². The van der Waals surface area contributed by atoms with Crippen LogP contribution in [0.3, 0.4) is 0 Å². The van der Waals surface area contributed by atoms with Gasteiger partial charge in [-0.1, -0.05) is 32.1 Å². The maximum Gasteiger partial charge on any atom is 0.217 e. The third-order valence-corrected chi connectivity index (χ3v) is 3.10. The van der Waals surface area contributed by atoms with E-state index in [1.807, 2.05) is 18.2 Å². The molecule has 1 aliphatic rings. The third-order valence-electron chi connectivity index (χ3n) is 3.10. The third kappa shape index (κ3) is 3.02. The van der Waals surface area contributed by atoms with Crippen molar-refractivity contribution in [1.82, 2.24) is 0 Å². The summed E-state index contributed by atoms with van der Waals surface area (Å²) in [6.07, 6.45) is 5.83. The summed E-state index contributed by atoms with van der Waals surface area (Å²) in [6, 6.07) is 0. The minimum Gasteiger partial charge on any atom is -0.299 e. The summed E-state index contributed by atoms with van der Waals surface area (Å²) in [5.74, 6) is 0.0103. The largest absolute Gasteiger partial charge is 0.299 e. The maximum atomic E-state index is 11.4. The predicted molar refractivity (Wildman–Crippen MR) is 61.6 cm³/mol. The molecule has 4 nitrogen and oxygen atoms in total. The van der Waals surface area contributed by atoms with Crippen LogP contribution in [0.1, 0.15) is 20.8 Å². The van der Waals surface area contributed by atoms with E-state index in [0.717, 1.165) is 5.57 Å². The van der Waals surface area contributed by atoms with Crippen molar-refractivity contribution in [1.29, 1.82) is 0 Å². The highest BCUT2D eigenvalue weighted by atomic mass is 16.6. The van der Waals surface area contributed by atoms with Crippen LogP contribution in [0.4, 0.5) is 0 Å². The Bertz CT molecular complexity index is 357. The molecule has 4 heteroatoms. The van der Waals surface area contributed by atoms with Crippen LogP contribution < -0.4 is 0 Å². The van der Waals surface area contributed by atoms with Gasteiger partial charge in [0.15, 0.2) is 0 Å². The van der Waals surface area contributed by atoms with Gasteiger partial charge in [-0.15, -0.1) is 0 Å². The number of nitrogens with zero attached hydrogens (tertiary/aromatic N) is 1. The zero-order valence-corrected chi connectivity index (χ0v) is 9.84. The number of ketones is 1. The molecule has 0 aliphatic heterocycles. The lowest BCUT2D eigenvalue weighted by atomic mass is 9.83. The molecule has 0 fully saturated rings. The Balaban J connectivity index is 2.88. The van der Waals surface area contributed by atoms with E-state index in [2.05, 4.69) is 13.8 Å². The zero-order valence-electron chi connectivity index (χ0n) is 9.84. The van der Waals surface area contributed by atoms with E-state index in [0.29, 0.717) is 11.8 Å². The fourth-order valence-electron chi connectivity index (χ4n) is 1.80. The first kappa shape index (κ1) is 12.6. The van der Waals surface area contributed by atoms with Crippen molar-refractivity contribution < 1.29 is 9.72 Å². The molecule has 3 unspecified atom stereocenters. The van der Waals surface area contributed by atoms with Crippen molar-refractivity contribution >= 4 is 5.78 Å². The van der Waals surface area contributed by atoms with Crippen LogP contribution in [0.15, 0.2) is 23.8 Å². The molecule has 0 amide bonds. The van der Waals surface area contributed by atoms with Crippen LogP contribution in [0.2, 0.25) is 0 Å². The van der Waals surface area contributed by atoms with Crippen molar-refractivity contribution in [2.24, 2.45) is 17.8 Å². The normalized spacial score (nSPS) is 26.1. The lowest BCUT2D eigenvalue weighted by molar-refractivity contribution is -0.483. The van der Waals surface area contributed by atoms with E-state index in [9.17, 15) is 14.9 Å². The molecule has 0 N–H and O–H groups in total. The number of Topliss-reactive ketones (excluding diaryl/α,β-unsaturated/α-hetero) is 1. The smallest absolute Gasteiger partial charge is 0.217 e. The Morgan fingerprint density at radius 1 is 1.50 bits per heavy atom. The first-order valence-electron chi connectivity index (χ1n) is 5.44. The fraction of sp³-hybridized carbons (Fsp3) is 0.583. The van der Waals surface area contributed by atoms with Gasteiger partial charge in [-0.3, -0.25) is 14.9 Å². The van der Waals surface area contributed by atoms with Crippen molar-refractivity contribution in [2.45, 2.75) is 20.8 Å². The Morgan fingerprint density at radius 3 is 2.56 bits per heavy atom. The summed E-state index contributed by atoms with van der Waals surface area (Å²) in [5, 5.41) is 10.5. The van der Waals surface area contributed by atoms with E-state index >= 15 is 0 Å². The molecule has 0 bridgehead atoms. The minimum atomic E-state index is -0.596. The van der Waals surface area contributed by atoms with Gasteiger partial charge in [-0.2, -0.15) is 0 Å². The van der Waals surface area contributed by atoms with Gasteiger partial charge in [0.25, 0.3) is 0 Å². The van der Waals surface area contributed by atoms with Crippen molar-refractivity contribution in [3.63, 3.8) is 0 Å². The Labute approximate surface area is 95.2 Å². The van der Waals surface area contributed by atoms with Crippen LogP contribution >= 0.6 is 0 Å². The molecule has 0 saturated carbocycles. The van der Waals surface area contributed by atoms with Gasteiger partial charge in [0.1, 0.15) is 11.7 Å². The lowest BCUT2D eigenvalue weighted by Crippen LogP contribution is -2.24. The average Bonchev–Trinajstić information content (AvgIpc) is 2.18. The summed E-state index contributed by atoms with van der Waals surface area (Å²) < 4.78 is 0. The molecule has 3 atom stereocenters. The van der Waals surface area contributed by atoms with Crippen molar-refractivity contribution in [2.75, 3.05) is 6.54 Å². The summed E-state index contributed by atoms with van der Waals surface area (Å²) in [6.45, 7) is 5.24. The van der Waals surface area contributed by atoms with Gasteiger partial charge >= 0.3 is 0 Å². The van der Waals surface area contributed by atoms with Gasteiger partial charge in [0.2, 0.25) is 6.54 Å². The van der Waals surface area contributed by atoms with Crippen molar-refractivity contribution in [3.8, 4) is 0 Å². The van der Waals surface area contributed by atoms with Crippen LogP contribution in [-0.4, -0.2) is 17.3 Å². The SMILES string of the molecule is CC(=O)C(C[N+](=O)[O-])C1=CC(C)C(C)C=C1. The maximum absolute atomic E-state index is 11.4. The molecule has 0 heterocycles. The minimum absolute atomic E-state index is 0.144. The standard InChI is InChI=1S/C12H17NO3/c1-8-4-5-11(6-9(8)2)12(10(3)14)7-13(15)16/h4-6,8-9,12H,7H2,1-3H3. The molecule has 0 saturated heterocycles. The highest BCUT2D eigenvalue weighted by Gasteiger charge is 2.26. The van der Waals surface area contributed by atoms with E-state index in [-0.39, 0.29) is 12.3 Å². The Kier molecular flexibility index (Phi) is 3.99. The highest BCUT2D eigenvalue weighted by Crippen LogP contribution is 2.26. The molecule has 0 radical (unpaired) electrons. The molecular formula is C12H17NO3. The lowest BCUT2D eigenvalue weighted by Gasteiger charge is -2.21. The monoisotopic (exact) mass is 223 g/mol. The molecule has 0 aromatic heterocycles. The molecule has 0 aromatic rings. The molecule has 1 aliphatic carbocycles. The molecule has 16 heavy (non-hydrogen) atoms. The Morgan fingerprint density at radius 2 is 2.12 bits per heavy atom. The van der Waals surface area contributed by atoms with Crippen LogP contribution in [0.25, 0.3) is 0 Å². The summed E-state index contributed by atoms with van der Waals surface area (Å²) in [5.41, 5.74) is 0.787. The average molecular weight is 223 g/mol. The number of hydrogen-bond acceptors (Lipinski definition) is 3. The quantitative estimate of drug-likeness (QED) is 0.542. The van der Waals surface area contributed by atoms with Gasteiger partial charge in [-0.05, 0) is 24.3 Å². The van der Waals surface area contributed by atoms with E-state index < -0.39 is 10.8 Å². The van der Waals surface area contributed by atoms with Crippen LogP contribution in [0.5, 0.6) is 0 Å². The number of hydrogen-bond donors (Lipinski definition) is 0. The molecular weight excluding hydrogens is 206 g/mol. The predicted octanol–water partition coefficient (Wildman–Crippen LogP) is 2.24. The zero-order chi connectivity index (χ0) is 12.3. The first-order chi connectivity index (χ1) is 7.41. The molecule has 1 rings (SSSR count). The van der Waals surface area contributed by atoms with Crippen LogP contribution in [0, 0.1) is 27.9 Å². The number of allylic oxidation sites excluding steroid dienone is 3. The van der Waals surface area contributed by atoms with Gasteiger partial charge in [0, 0.05) is 4.92 Å². The number of rotatable bonds is 4. The van der Waals surface area contributed by atoms with Crippen LogP contribution in [-0.2, 0) is 4.79 Å². The van der Waals surface area contributed by atoms with E-state index in [1.54, 1.807) is 0 Å². The topological polar surface area (TPSA) is 60.2 Å². The van der Waals surface area contributed by atoms with Gasteiger partial charge in [-0.25, -0.2) is 0 Å².